The van der Waals surface area contributed by atoms with Gasteiger partial charge in [-0.25, -0.2) is 0 Å². The molecule has 26 heavy (non-hydrogen) atoms. The van der Waals surface area contributed by atoms with Gasteiger partial charge in [-0.2, -0.15) is 0 Å². The standard InChI is InChI=1S/C21H27NO4/c1-3-5-13-25-17-10-8-15-7-9-16(22-18(23)11-12-19(22)24)20(15)21(17)26-14-6-4-2/h8,10-12,16H,3-7,9,13-14H2,1-2H3/t16-/m0/s1. The van der Waals surface area contributed by atoms with Gasteiger partial charge in [0, 0.05) is 17.7 Å². The predicted octanol–water partition coefficient (Wildman–Crippen LogP) is 3.96. The highest BCUT2D eigenvalue weighted by Gasteiger charge is 2.39. The molecule has 1 heterocycles. The normalized spacial score (nSPS) is 18.5. The number of imide groups is 1. The molecule has 2 aliphatic rings. The van der Waals surface area contributed by atoms with Crippen molar-refractivity contribution in [3.05, 3.63) is 35.4 Å². The number of amides is 2. The number of rotatable bonds is 9. The van der Waals surface area contributed by atoms with E-state index in [1.165, 1.54) is 17.1 Å². The fraction of sp³-hybridized carbons (Fsp3) is 0.524. The Kier molecular flexibility index (Phi) is 5.96. The van der Waals surface area contributed by atoms with Gasteiger partial charge in [0.05, 0.1) is 19.3 Å². The van der Waals surface area contributed by atoms with Gasteiger partial charge in [0.2, 0.25) is 0 Å². The van der Waals surface area contributed by atoms with Crippen molar-refractivity contribution in [2.24, 2.45) is 0 Å². The predicted molar refractivity (Wildman–Crippen MR) is 99.3 cm³/mol. The van der Waals surface area contributed by atoms with Crippen molar-refractivity contribution >= 4 is 11.8 Å². The summed E-state index contributed by atoms with van der Waals surface area (Å²) in [5.74, 6) is 0.934. The van der Waals surface area contributed by atoms with E-state index < -0.39 is 0 Å². The zero-order chi connectivity index (χ0) is 18.5. The first-order chi connectivity index (χ1) is 12.7. The van der Waals surface area contributed by atoms with Gasteiger partial charge in [-0.15, -0.1) is 0 Å². The highest BCUT2D eigenvalue weighted by Crippen LogP contribution is 2.47. The zero-order valence-corrected chi connectivity index (χ0v) is 15.6. The van der Waals surface area contributed by atoms with Crippen LogP contribution in [-0.2, 0) is 16.0 Å². The second-order valence-corrected chi connectivity index (χ2v) is 6.80. The van der Waals surface area contributed by atoms with Gasteiger partial charge < -0.3 is 9.47 Å². The summed E-state index contributed by atoms with van der Waals surface area (Å²) in [5, 5.41) is 0. The molecule has 1 aliphatic carbocycles. The van der Waals surface area contributed by atoms with E-state index in [4.69, 9.17) is 9.47 Å². The van der Waals surface area contributed by atoms with Crippen LogP contribution in [0.3, 0.4) is 0 Å². The van der Waals surface area contributed by atoms with E-state index in [1.54, 1.807) is 0 Å². The molecule has 2 amide bonds. The van der Waals surface area contributed by atoms with Crippen LogP contribution in [0.2, 0.25) is 0 Å². The summed E-state index contributed by atoms with van der Waals surface area (Å²) in [5.41, 5.74) is 2.08. The Labute approximate surface area is 155 Å². The molecule has 5 nitrogen and oxygen atoms in total. The first-order valence-corrected chi connectivity index (χ1v) is 9.64. The third-order valence-electron chi connectivity index (χ3n) is 4.93. The lowest BCUT2D eigenvalue weighted by Gasteiger charge is -2.25. The van der Waals surface area contributed by atoms with Crippen molar-refractivity contribution in [1.29, 1.82) is 0 Å². The summed E-state index contributed by atoms with van der Waals surface area (Å²) >= 11 is 0. The number of fused-ring (bicyclic) bond motifs is 1. The van der Waals surface area contributed by atoms with Crippen LogP contribution in [0.15, 0.2) is 24.3 Å². The molecule has 0 spiro atoms. The number of benzene rings is 1. The molecule has 5 heteroatoms. The van der Waals surface area contributed by atoms with E-state index in [2.05, 4.69) is 13.8 Å². The number of carbonyl (C=O) groups excluding carboxylic acids is 2. The Morgan fingerprint density at radius 2 is 1.65 bits per heavy atom. The van der Waals surface area contributed by atoms with Crippen LogP contribution in [0, 0.1) is 0 Å². The van der Waals surface area contributed by atoms with Gasteiger partial charge in [0.15, 0.2) is 11.5 Å². The molecule has 0 saturated heterocycles. The molecule has 1 aromatic rings. The van der Waals surface area contributed by atoms with Crippen LogP contribution in [0.25, 0.3) is 0 Å². The van der Waals surface area contributed by atoms with E-state index in [-0.39, 0.29) is 17.9 Å². The van der Waals surface area contributed by atoms with Crippen molar-refractivity contribution in [2.45, 2.75) is 58.4 Å². The van der Waals surface area contributed by atoms with Crippen molar-refractivity contribution in [1.82, 2.24) is 4.90 Å². The molecule has 3 rings (SSSR count). The van der Waals surface area contributed by atoms with E-state index in [1.807, 2.05) is 12.1 Å². The molecule has 0 unspecified atom stereocenters. The molecule has 140 valence electrons. The highest BCUT2D eigenvalue weighted by molar-refractivity contribution is 6.13. The molecule has 0 saturated carbocycles. The fourth-order valence-electron chi connectivity index (χ4n) is 3.52. The molecule has 0 aromatic heterocycles. The van der Waals surface area contributed by atoms with Gasteiger partial charge in [-0.3, -0.25) is 14.5 Å². The maximum atomic E-state index is 12.2. The summed E-state index contributed by atoms with van der Waals surface area (Å²) in [6, 6.07) is 3.73. The number of nitrogens with zero attached hydrogens (tertiary/aromatic N) is 1. The lowest BCUT2D eigenvalue weighted by atomic mass is 10.0. The van der Waals surface area contributed by atoms with E-state index >= 15 is 0 Å². The van der Waals surface area contributed by atoms with Crippen LogP contribution in [0.4, 0.5) is 0 Å². The summed E-state index contributed by atoms with van der Waals surface area (Å²) < 4.78 is 12.1. The van der Waals surface area contributed by atoms with Crippen LogP contribution in [-0.4, -0.2) is 29.9 Å². The smallest absolute Gasteiger partial charge is 0.254 e. The topological polar surface area (TPSA) is 55.8 Å². The van der Waals surface area contributed by atoms with E-state index in [0.717, 1.165) is 49.7 Å². The first-order valence-electron chi connectivity index (χ1n) is 9.64. The summed E-state index contributed by atoms with van der Waals surface area (Å²) in [6.07, 6.45) is 8.28. The third-order valence-corrected chi connectivity index (χ3v) is 4.93. The Balaban J connectivity index is 1.94. The number of hydrogen-bond acceptors (Lipinski definition) is 4. The largest absolute Gasteiger partial charge is 0.490 e. The van der Waals surface area contributed by atoms with Gasteiger partial charge >= 0.3 is 0 Å². The molecule has 0 bridgehead atoms. The molecule has 0 N–H and O–H groups in total. The Morgan fingerprint density at radius 1 is 1.00 bits per heavy atom. The molecule has 0 radical (unpaired) electrons. The van der Waals surface area contributed by atoms with E-state index in [9.17, 15) is 9.59 Å². The third kappa shape index (κ3) is 3.62. The quantitative estimate of drug-likeness (QED) is 0.496. The molecular formula is C21H27NO4. The SMILES string of the molecule is CCCCOc1ccc2c(c1OCCCC)[C@@H](N1C(=O)C=CC1=O)CC2. The van der Waals surface area contributed by atoms with Crippen LogP contribution in [0.1, 0.15) is 63.1 Å². The van der Waals surface area contributed by atoms with Crippen molar-refractivity contribution in [3.8, 4) is 11.5 Å². The average Bonchev–Trinajstić information content (AvgIpc) is 3.19. The lowest BCUT2D eigenvalue weighted by molar-refractivity contribution is -0.139. The van der Waals surface area contributed by atoms with Crippen molar-refractivity contribution in [3.63, 3.8) is 0 Å². The van der Waals surface area contributed by atoms with E-state index in [0.29, 0.717) is 24.7 Å². The highest BCUT2D eigenvalue weighted by atomic mass is 16.5. The van der Waals surface area contributed by atoms with Gasteiger partial charge in [-0.1, -0.05) is 32.8 Å². The minimum Gasteiger partial charge on any atom is -0.490 e. The molecule has 1 aromatic carbocycles. The molecule has 0 fully saturated rings. The van der Waals surface area contributed by atoms with Gasteiger partial charge in [0.25, 0.3) is 11.8 Å². The van der Waals surface area contributed by atoms with Gasteiger partial charge in [-0.05, 0) is 37.3 Å². The number of aryl methyl sites for hydroxylation is 1. The molecular weight excluding hydrogens is 330 g/mol. The van der Waals surface area contributed by atoms with Gasteiger partial charge in [0.1, 0.15) is 0 Å². The summed E-state index contributed by atoms with van der Waals surface area (Å²) in [4.78, 5) is 25.7. The Bertz CT molecular complexity index is 692. The first kappa shape index (κ1) is 18.5. The minimum atomic E-state index is -0.272. The summed E-state index contributed by atoms with van der Waals surface area (Å²) in [7, 11) is 0. The zero-order valence-electron chi connectivity index (χ0n) is 15.6. The van der Waals surface area contributed by atoms with Crippen LogP contribution >= 0.6 is 0 Å². The monoisotopic (exact) mass is 357 g/mol. The van der Waals surface area contributed by atoms with Crippen LogP contribution in [0.5, 0.6) is 11.5 Å². The Hall–Kier alpha value is -2.30. The number of ether oxygens (including phenoxy) is 2. The number of carbonyl (C=O) groups is 2. The van der Waals surface area contributed by atoms with Crippen molar-refractivity contribution < 1.29 is 19.1 Å². The maximum Gasteiger partial charge on any atom is 0.254 e. The minimum absolute atomic E-state index is 0.246. The second kappa shape index (κ2) is 8.39. The second-order valence-electron chi connectivity index (χ2n) is 6.80. The lowest BCUT2D eigenvalue weighted by Crippen LogP contribution is -2.33. The Morgan fingerprint density at radius 3 is 2.31 bits per heavy atom. The fourth-order valence-corrected chi connectivity index (χ4v) is 3.52. The average molecular weight is 357 g/mol. The molecule has 1 aliphatic heterocycles. The summed E-state index contributed by atoms with van der Waals surface area (Å²) in [6.45, 7) is 5.48. The van der Waals surface area contributed by atoms with Crippen molar-refractivity contribution in [2.75, 3.05) is 13.2 Å². The number of unbranched alkanes of at least 4 members (excludes halogenated alkanes) is 2. The molecule has 1 atom stereocenters. The maximum absolute atomic E-state index is 12.2. The number of hydrogen-bond donors (Lipinski definition) is 0. The van der Waals surface area contributed by atoms with Crippen LogP contribution < -0.4 is 9.47 Å².